The van der Waals surface area contributed by atoms with Gasteiger partial charge in [-0.1, -0.05) is 0 Å². The van der Waals surface area contributed by atoms with Crippen LogP contribution in [0.2, 0.25) is 0 Å². The second kappa shape index (κ2) is 5.35. The number of aliphatic hydroxyl groups excluding tert-OH is 1. The molecule has 5 heteroatoms. The predicted octanol–water partition coefficient (Wildman–Crippen LogP) is 1.61. The van der Waals surface area contributed by atoms with Crippen molar-refractivity contribution in [1.82, 2.24) is 0 Å². The van der Waals surface area contributed by atoms with Crippen LogP contribution in [0.15, 0.2) is 12.1 Å². The summed E-state index contributed by atoms with van der Waals surface area (Å²) in [5, 5.41) is 9.23. The van der Waals surface area contributed by atoms with Crippen molar-refractivity contribution in [2.24, 2.45) is 0 Å². The summed E-state index contributed by atoms with van der Waals surface area (Å²) in [6, 6.07) is 3.51. The molecular weight excluding hydrogens is 236 g/mol. The highest BCUT2D eigenvalue weighted by Gasteiger charge is 2.29. The molecule has 1 aromatic rings. The third-order valence-electron chi connectivity index (χ3n) is 3.01. The van der Waals surface area contributed by atoms with Gasteiger partial charge in [0.2, 0.25) is 5.75 Å². The average Bonchev–Trinajstić information content (AvgIpc) is 2.35. The van der Waals surface area contributed by atoms with Gasteiger partial charge in [0.15, 0.2) is 11.5 Å². The minimum absolute atomic E-state index is 0.0582. The summed E-state index contributed by atoms with van der Waals surface area (Å²) in [5.74, 6) is 2.32. The Bertz CT molecular complexity index is 387. The van der Waals surface area contributed by atoms with Gasteiger partial charge >= 0.3 is 0 Å². The molecule has 1 aliphatic carbocycles. The number of hydrogen-bond acceptors (Lipinski definition) is 5. The lowest BCUT2D eigenvalue weighted by molar-refractivity contribution is -0.0109. The van der Waals surface area contributed by atoms with E-state index in [9.17, 15) is 5.11 Å². The van der Waals surface area contributed by atoms with Gasteiger partial charge in [-0.05, 0) is 0 Å². The van der Waals surface area contributed by atoms with Gasteiger partial charge in [-0.2, -0.15) is 0 Å². The van der Waals surface area contributed by atoms with E-state index >= 15 is 0 Å². The Balaban J connectivity index is 2.20. The van der Waals surface area contributed by atoms with Crippen molar-refractivity contribution in [1.29, 1.82) is 0 Å². The Kier molecular flexibility index (Phi) is 3.81. The molecule has 0 unspecified atom stereocenters. The van der Waals surface area contributed by atoms with Crippen molar-refractivity contribution >= 4 is 0 Å². The summed E-state index contributed by atoms with van der Waals surface area (Å²) in [4.78, 5) is 0. The van der Waals surface area contributed by atoms with E-state index in [1.807, 2.05) is 0 Å². The lowest BCUT2D eigenvalue weighted by Gasteiger charge is -2.31. The van der Waals surface area contributed by atoms with Gasteiger partial charge in [-0.15, -0.1) is 0 Å². The van der Waals surface area contributed by atoms with Crippen molar-refractivity contribution in [3.05, 3.63) is 12.1 Å². The highest BCUT2D eigenvalue weighted by Crippen LogP contribution is 2.41. The number of rotatable bonds is 5. The molecule has 1 aliphatic rings. The van der Waals surface area contributed by atoms with Gasteiger partial charge < -0.3 is 24.1 Å². The number of aliphatic hydroxyl groups is 1. The van der Waals surface area contributed by atoms with Gasteiger partial charge in [0, 0.05) is 25.0 Å². The SMILES string of the molecule is COc1cc(OC2CC(O)C2)cc(OC)c1OC. The Morgan fingerprint density at radius 2 is 1.56 bits per heavy atom. The Morgan fingerprint density at radius 1 is 1.00 bits per heavy atom. The second-order valence-electron chi connectivity index (χ2n) is 4.23. The van der Waals surface area contributed by atoms with E-state index in [0.29, 0.717) is 35.8 Å². The molecule has 100 valence electrons. The van der Waals surface area contributed by atoms with Gasteiger partial charge in [-0.25, -0.2) is 0 Å². The monoisotopic (exact) mass is 254 g/mol. The quantitative estimate of drug-likeness (QED) is 0.865. The average molecular weight is 254 g/mol. The second-order valence-corrected chi connectivity index (χ2v) is 4.23. The van der Waals surface area contributed by atoms with Crippen LogP contribution in [0.4, 0.5) is 0 Å². The van der Waals surface area contributed by atoms with Crippen LogP contribution in [-0.4, -0.2) is 38.6 Å². The maximum absolute atomic E-state index is 9.23. The molecule has 0 heterocycles. The van der Waals surface area contributed by atoms with Crippen LogP contribution < -0.4 is 18.9 Å². The predicted molar refractivity (Wildman–Crippen MR) is 65.8 cm³/mol. The number of ether oxygens (including phenoxy) is 4. The molecule has 0 saturated heterocycles. The number of methoxy groups -OCH3 is 3. The highest BCUT2D eigenvalue weighted by atomic mass is 16.5. The number of hydrogen-bond donors (Lipinski definition) is 1. The van der Waals surface area contributed by atoms with Crippen LogP contribution in [0, 0.1) is 0 Å². The van der Waals surface area contributed by atoms with Crippen molar-refractivity contribution in [3.63, 3.8) is 0 Å². The molecule has 18 heavy (non-hydrogen) atoms. The first-order valence-electron chi connectivity index (χ1n) is 5.82. The van der Waals surface area contributed by atoms with E-state index in [2.05, 4.69) is 0 Å². The maximum atomic E-state index is 9.23. The molecule has 0 amide bonds. The van der Waals surface area contributed by atoms with Crippen molar-refractivity contribution in [2.75, 3.05) is 21.3 Å². The highest BCUT2D eigenvalue weighted by molar-refractivity contribution is 5.55. The van der Waals surface area contributed by atoms with E-state index in [1.165, 1.54) is 0 Å². The van der Waals surface area contributed by atoms with Crippen molar-refractivity contribution < 1.29 is 24.1 Å². The molecule has 0 atom stereocenters. The van der Waals surface area contributed by atoms with Crippen LogP contribution in [0.25, 0.3) is 0 Å². The lowest BCUT2D eigenvalue weighted by Crippen LogP contribution is -2.37. The van der Waals surface area contributed by atoms with Crippen LogP contribution >= 0.6 is 0 Å². The van der Waals surface area contributed by atoms with Crippen LogP contribution in [0.3, 0.4) is 0 Å². The minimum Gasteiger partial charge on any atom is -0.493 e. The molecule has 0 bridgehead atoms. The summed E-state index contributed by atoms with van der Waals surface area (Å²) < 4.78 is 21.4. The molecule has 0 spiro atoms. The van der Waals surface area contributed by atoms with E-state index in [4.69, 9.17) is 18.9 Å². The van der Waals surface area contributed by atoms with Gasteiger partial charge in [0.25, 0.3) is 0 Å². The standard InChI is InChI=1S/C13H18O5/c1-15-11-6-10(18-9-4-8(14)5-9)7-12(16-2)13(11)17-3/h6-9,14H,4-5H2,1-3H3. The normalized spacial score (nSPS) is 22.0. The molecule has 1 N–H and O–H groups in total. The summed E-state index contributed by atoms with van der Waals surface area (Å²) in [6.07, 6.45) is 1.15. The largest absolute Gasteiger partial charge is 0.493 e. The van der Waals surface area contributed by atoms with Crippen LogP contribution in [-0.2, 0) is 0 Å². The molecule has 2 rings (SSSR count). The van der Waals surface area contributed by atoms with E-state index in [1.54, 1.807) is 33.5 Å². The first-order chi connectivity index (χ1) is 8.67. The van der Waals surface area contributed by atoms with E-state index in [-0.39, 0.29) is 12.2 Å². The van der Waals surface area contributed by atoms with Crippen LogP contribution in [0.5, 0.6) is 23.0 Å². The fourth-order valence-corrected chi connectivity index (χ4v) is 1.95. The molecule has 1 saturated carbocycles. The Morgan fingerprint density at radius 3 is 1.94 bits per heavy atom. The summed E-state index contributed by atoms with van der Waals surface area (Å²) in [7, 11) is 4.69. The zero-order chi connectivity index (χ0) is 13.1. The molecule has 0 aliphatic heterocycles. The third kappa shape index (κ3) is 2.46. The fourth-order valence-electron chi connectivity index (χ4n) is 1.95. The smallest absolute Gasteiger partial charge is 0.203 e. The third-order valence-corrected chi connectivity index (χ3v) is 3.01. The minimum atomic E-state index is -0.239. The van der Waals surface area contributed by atoms with Crippen molar-refractivity contribution in [2.45, 2.75) is 25.0 Å². The van der Waals surface area contributed by atoms with Gasteiger partial charge in [-0.3, -0.25) is 0 Å². The fraction of sp³-hybridized carbons (Fsp3) is 0.538. The summed E-state index contributed by atoms with van der Waals surface area (Å²) >= 11 is 0. The van der Waals surface area contributed by atoms with Gasteiger partial charge in [0.1, 0.15) is 11.9 Å². The molecule has 5 nitrogen and oxygen atoms in total. The zero-order valence-electron chi connectivity index (χ0n) is 10.8. The molecule has 1 aromatic carbocycles. The Labute approximate surface area is 106 Å². The van der Waals surface area contributed by atoms with E-state index in [0.717, 1.165) is 0 Å². The first kappa shape index (κ1) is 12.8. The maximum Gasteiger partial charge on any atom is 0.203 e. The summed E-state index contributed by atoms with van der Waals surface area (Å²) in [6.45, 7) is 0. The molecule has 0 aromatic heterocycles. The zero-order valence-corrected chi connectivity index (χ0v) is 10.8. The topological polar surface area (TPSA) is 57.2 Å². The Hall–Kier alpha value is -1.62. The molecular formula is C13H18O5. The first-order valence-corrected chi connectivity index (χ1v) is 5.82. The van der Waals surface area contributed by atoms with Crippen LogP contribution in [0.1, 0.15) is 12.8 Å². The number of benzene rings is 1. The molecule has 0 radical (unpaired) electrons. The summed E-state index contributed by atoms with van der Waals surface area (Å²) in [5.41, 5.74) is 0. The lowest BCUT2D eigenvalue weighted by atomic mass is 9.92. The van der Waals surface area contributed by atoms with E-state index < -0.39 is 0 Å². The molecule has 1 fully saturated rings. The van der Waals surface area contributed by atoms with Crippen molar-refractivity contribution in [3.8, 4) is 23.0 Å². The van der Waals surface area contributed by atoms with Gasteiger partial charge in [0.05, 0.1) is 27.4 Å².